The molecule has 0 aliphatic heterocycles. The summed E-state index contributed by atoms with van der Waals surface area (Å²) in [5, 5.41) is 11.9. The van der Waals surface area contributed by atoms with Gasteiger partial charge in [-0.25, -0.2) is 0 Å². The van der Waals surface area contributed by atoms with E-state index in [1.54, 1.807) is 14.2 Å². The molecule has 0 bridgehead atoms. The zero-order valence-corrected chi connectivity index (χ0v) is 17.2. The summed E-state index contributed by atoms with van der Waals surface area (Å²) in [5.41, 5.74) is 1.51. The normalized spacial score (nSPS) is 15.3. The molecule has 27 heavy (non-hydrogen) atoms. The molecule has 0 saturated carbocycles. The molecule has 0 spiro atoms. The van der Waals surface area contributed by atoms with Crippen molar-refractivity contribution in [1.82, 2.24) is 4.90 Å². The van der Waals surface area contributed by atoms with E-state index >= 15 is 0 Å². The summed E-state index contributed by atoms with van der Waals surface area (Å²) in [6, 6.07) is 15.5. The van der Waals surface area contributed by atoms with Crippen molar-refractivity contribution >= 4 is 6.08 Å². The van der Waals surface area contributed by atoms with Crippen molar-refractivity contribution in [1.29, 1.82) is 0 Å². The number of para-hydroxylation sites is 1. The first-order valence-corrected chi connectivity index (χ1v) is 9.16. The number of hydrogen-bond donors (Lipinski definition) is 1. The smallest absolute Gasteiger partial charge is 0.125 e. The molecule has 2 rings (SSSR count). The summed E-state index contributed by atoms with van der Waals surface area (Å²) in [6.45, 7) is 4.78. The van der Waals surface area contributed by atoms with E-state index in [9.17, 15) is 5.11 Å². The highest BCUT2D eigenvalue weighted by molar-refractivity contribution is 5.58. The van der Waals surface area contributed by atoms with Crippen LogP contribution in [0.1, 0.15) is 25.0 Å². The van der Waals surface area contributed by atoms with E-state index in [1.165, 1.54) is 0 Å². The summed E-state index contributed by atoms with van der Waals surface area (Å²) < 4.78 is 10.8. The minimum Gasteiger partial charge on any atom is -0.497 e. The van der Waals surface area contributed by atoms with Gasteiger partial charge < -0.3 is 19.5 Å². The van der Waals surface area contributed by atoms with Crippen LogP contribution in [0, 0.1) is 5.92 Å². The molecule has 0 fully saturated rings. The number of methoxy groups -OCH3 is 2. The van der Waals surface area contributed by atoms with Gasteiger partial charge in [-0.15, -0.1) is 0 Å². The van der Waals surface area contributed by atoms with Gasteiger partial charge in [0.15, 0.2) is 0 Å². The standard InChI is InChI=1S/C23H31NO3/c1-17(15-19-11-13-20(26-5)14-12-19)23(25,18(2)16-24(3)4)21-9-7-8-10-22(21)27-6/h7-15,18,25H,16H2,1-6H3/b17-15-. The second-order valence-corrected chi connectivity index (χ2v) is 7.23. The first kappa shape index (κ1) is 21.0. The highest BCUT2D eigenvalue weighted by atomic mass is 16.5. The number of hydrogen-bond acceptors (Lipinski definition) is 4. The lowest BCUT2D eigenvalue weighted by Gasteiger charge is -2.38. The van der Waals surface area contributed by atoms with Crippen molar-refractivity contribution in [2.75, 3.05) is 34.9 Å². The summed E-state index contributed by atoms with van der Waals surface area (Å²) in [6.07, 6.45) is 2.03. The largest absolute Gasteiger partial charge is 0.497 e. The second-order valence-electron chi connectivity index (χ2n) is 7.23. The van der Waals surface area contributed by atoms with E-state index in [1.807, 2.05) is 75.6 Å². The van der Waals surface area contributed by atoms with E-state index in [4.69, 9.17) is 9.47 Å². The molecule has 2 aromatic rings. The maximum absolute atomic E-state index is 11.9. The van der Waals surface area contributed by atoms with E-state index in [-0.39, 0.29) is 5.92 Å². The predicted octanol–water partition coefficient (Wildman–Crippen LogP) is 4.19. The number of benzene rings is 2. The zero-order chi connectivity index (χ0) is 20.0. The lowest BCUT2D eigenvalue weighted by Crippen LogP contribution is -2.40. The van der Waals surface area contributed by atoms with Crippen LogP contribution >= 0.6 is 0 Å². The van der Waals surface area contributed by atoms with Gasteiger partial charge in [0.05, 0.1) is 14.2 Å². The van der Waals surface area contributed by atoms with Crippen LogP contribution in [0.3, 0.4) is 0 Å². The van der Waals surface area contributed by atoms with Crippen LogP contribution < -0.4 is 9.47 Å². The average molecular weight is 370 g/mol. The molecule has 0 aliphatic rings. The van der Waals surface area contributed by atoms with Crippen LogP contribution in [0.15, 0.2) is 54.1 Å². The number of aliphatic hydroxyl groups is 1. The number of ether oxygens (including phenoxy) is 2. The molecule has 0 aliphatic carbocycles. The van der Waals surface area contributed by atoms with Gasteiger partial charge in [0.25, 0.3) is 0 Å². The maximum atomic E-state index is 11.9. The first-order valence-electron chi connectivity index (χ1n) is 9.16. The van der Waals surface area contributed by atoms with Gasteiger partial charge >= 0.3 is 0 Å². The van der Waals surface area contributed by atoms with Crippen molar-refractivity contribution in [2.45, 2.75) is 19.4 Å². The molecule has 0 saturated heterocycles. The Hall–Kier alpha value is -2.30. The molecule has 1 N–H and O–H groups in total. The first-order chi connectivity index (χ1) is 12.8. The van der Waals surface area contributed by atoms with Gasteiger partial charge in [-0.1, -0.05) is 43.3 Å². The van der Waals surface area contributed by atoms with Crippen LogP contribution in [0.25, 0.3) is 6.08 Å². The summed E-state index contributed by atoms with van der Waals surface area (Å²) >= 11 is 0. The van der Waals surface area contributed by atoms with Gasteiger partial charge in [0.1, 0.15) is 17.1 Å². The Balaban J connectivity index is 2.55. The average Bonchev–Trinajstić information content (AvgIpc) is 2.67. The van der Waals surface area contributed by atoms with Crippen molar-refractivity contribution in [3.63, 3.8) is 0 Å². The van der Waals surface area contributed by atoms with E-state index in [2.05, 4.69) is 11.8 Å². The third-order valence-electron chi connectivity index (χ3n) is 4.97. The third-order valence-corrected chi connectivity index (χ3v) is 4.97. The van der Waals surface area contributed by atoms with Gasteiger partial charge in [0.2, 0.25) is 0 Å². The van der Waals surface area contributed by atoms with Crippen molar-refractivity contribution < 1.29 is 14.6 Å². The van der Waals surface area contributed by atoms with Gasteiger partial charge in [0, 0.05) is 18.0 Å². The fraction of sp³-hybridized carbons (Fsp3) is 0.391. The molecular formula is C23H31NO3. The van der Waals surface area contributed by atoms with E-state index in [0.717, 1.165) is 29.0 Å². The van der Waals surface area contributed by atoms with E-state index < -0.39 is 5.60 Å². The second kappa shape index (κ2) is 9.07. The summed E-state index contributed by atoms with van der Waals surface area (Å²) in [4.78, 5) is 2.09. The Kier molecular flexibility index (Phi) is 7.05. The van der Waals surface area contributed by atoms with Crippen molar-refractivity contribution in [2.24, 2.45) is 5.92 Å². The molecule has 2 aromatic carbocycles. The van der Waals surface area contributed by atoms with Crippen LogP contribution in [-0.2, 0) is 5.60 Å². The Morgan fingerprint density at radius 1 is 1.07 bits per heavy atom. The molecule has 2 unspecified atom stereocenters. The van der Waals surface area contributed by atoms with Crippen molar-refractivity contribution in [3.05, 3.63) is 65.2 Å². The topological polar surface area (TPSA) is 41.9 Å². The molecule has 0 radical (unpaired) electrons. The fourth-order valence-electron chi connectivity index (χ4n) is 3.57. The molecule has 2 atom stereocenters. The van der Waals surface area contributed by atoms with Crippen LogP contribution in [0.5, 0.6) is 11.5 Å². The number of nitrogens with zero attached hydrogens (tertiary/aromatic N) is 1. The summed E-state index contributed by atoms with van der Waals surface area (Å²) in [7, 11) is 7.32. The Bertz CT molecular complexity index is 767. The lowest BCUT2D eigenvalue weighted by molar-refractivity contribution is 0.00856. The molecule has 4 nitrogen and oxygen atoms in total. The molecule has 0 aromatic heterocycles. The Morgan fingerprint density at radius 2 is 1.70 bits per heavy atom. The quantitative estimate of drug-likeness (QED) is 0.757. The van der Waals surface area contributed by atoms with Crippen LogP contribution in [0.2, 0.25) is 0 Å². The molecule has 146 valence electrons. The third kappa shape index (κ3) is 4.71. The minimum absolute atomic E-state index is 0.0432. The monoisotopic (exact) mass is 369 g/mol. The molecule has 0 heterocycles. The van der Waals surface area contributed by atoms with Gasteiger partial charge in [-0.05, 0) is 50.4 Å². The lowest BCUT2D eigenvalue weighted by atomic mass is 9.76. The minimum atomic E-state index is -1.16. The SMILES string of the molecule is COc1ccc(/C=C(/C)C(O)(c2ccccc2OC)C(C)CN(C)C)cc1. The van der Waals surface area contributed by atoms with Crippen LogP contribution in [-0.4, -0.2) is 44.9 Å². The maximum Gasteiger partial charge on any atom is 0.125 e. The Labute approximate surface area is 163 Å². The number of rotatable bonds is 8. The van der Waals surface area contributed by atoms with Crippen LogP contribution in [0.4, 0.5) is 0 Å². The molecular weight excluding hydrogens is 338 g/mol. The molecule has 4 heteroatoms. The fourth-order valence-corrected chi connectivity index (χ4v) is 3.57. The van der Waals surface area contributed by atoms with Gasteiger partial charge in [-0.2, -0.15) is 0 Å². The highest BCUT2D eigenvalue weighted by Gasteiger charge is 2.39. The van der Waals surface area contributed by atoms with E-state index in [0.29, 0.717) is 5.75 Å². The molecule has 0 amide bonds. The Morgan fingerprint density at radius 3 is 2.26 bits per heavy atom. The van der Waals surface area contributed by atoms with Gasteiger partial charge in [-0.3, -0.25) is 0 Å². The highest BCUT2D eigenvalue weighted by Crippen LogP contribution is 2.42. The zero-order valence-electron chi connectivity index (χ0n) is 17.2. The van der Waals surface area contributed by atoms with Crippen molar-refractivity contribution in [3.8, 4) is 11.5 Å². The summed E-state index contributed by atoms with van der Waals surface area (Å²) in [5.74, 6) is 1.46. The predicted molar refractivity (Wildman–Crippen MR) is 111 cm³/mol.